The molecule has 1 aliphatic heterocycles. The van der Waals surface area contributed by atoms with Gasteiger partial charge in [-0.3, -0.25) is 0 Å². The molecule has 2 nitrogen and oxygen atoms in total. The molecule has 1 aliphatic rings. The van der Waals surface area contributed by atoms with E-state index < -0.39 is 11.7 Å². The Morgan fingerprint density at radius 1 is 1.35 bits per heavy atom. The van der Waals surface area contributed by atoms with Crippen LogP contribution in [0.5, 0.6) is 0 Å². The van der Waals surface area contributed by atoms with Gasteiger partial charge in [0.1, 0.15) is 5.50 Å². The number of halogens is 4. The van der Waals surface area contributed by atoms with Gasteiger partial charge < -0.3 is 10.2 Å². The van der Waals surface area contributed by atoms with Gasteiger partial charge in [0.25, 0.3) is 0 Å². The normalized spacial score (nSPS) is 21.6. The van der Waals surface area contributed by atoms with Gasteiger partial charge in [0.2, 0.25) is 0 Å². The van der Waals surface area contributed by atoms with Crippen LogP contribution in [0.15, 0.2) is 24.3 Å². The monoisotopic (exact) mass is 264 g/mol. The van der Waals surface area contributed by atoms with Crippen molar-refractivity contribution in [1.29, 1.82) is 0 Å². The van der Waals surface area contributed by atoms with Crippen LogP contribution in [0, 0.1) is 0 Å². The van der Waals surface area contributed by atoms with Gasteiger partial charge in [-0.1, -0.05) is 17.7 Å². The maximum absolute atomic E-state index is 12.6. The zero-order valence-electron chi connectivity index (χ0n) is 8.97. The Hall–Kier alpha value is -0.940. The molecule has 0 aliphatic carbocycles. The van der Waals surface area contributed by atoms with Gasteiger partial charge in [0.15, 0.2) is 0 Å². The van der Waals surface area contributed by atoms with Crippen LogP contribution < -0.4 is 10.2 Å². The second kappa shape index (κ2) is 4.74. The van der Waals surface area contributed by atoms with E-state index >= 15 is 0 Å². The van der Waals surface area contributed by atoms with Crippen LogP contribution >= 0.6 is 11.6 Å². The number of rotatable bonds is 1. The number of alkyl halides is 4. The van der Waals surface area contributed by atoms with Gasteiger partial charge in [0.05, 0.1) is 5.56 Å². The molecule has 2 rings (SSSR count). The highest BCUT2D eigenvalue weighted by Gasteiger charge is 2.31. The van der Waals surface area contributed by atoms with Crippen molar-refractivity contribution < 1.29 is 13.2 Å². The molecule has 1 heterocycles. The van der Waals surface area contributed by atoms with E-state index in [1.165, 1.54) is 6.07 Å². The minimum atomic E-state index is -4.31. The van der Waals surface area contributed by atoms with Gasteiger partial charge in [-0.15, -0.1) is 0 Å². The van der Waals surface area contributed by atoms with Crippen molar-refractivity contribution in [3.05, 3.63) is 29.8 Å². The number of benzene rings is 1. The summed E-state index contributed by atoms with van der Waals surface area (Å²) in [5.74, 6) is 0. The molecular formula is C11H12ClF3N2. The van der Waals surface area contributed by atoms with Crippen molar-refractivity contribution in [3.8, 4) is 0 Å². The fourth-order valence-electron chi connectivity index (χ4n) is 1.82. The molecule has 0 aromatic heterocycles. The van der Waals surface area contributed by atoms with Crippen LogP contribution in [-0.2, 0) is 6.18 Å². The summed E-state index contributed by atoms with van der Waals surface area (Å²) >= 11 is 6.07. The lowest BCUT2D eigenvalue weighted by molar-refractivity contribution is -0.137. The second-order valence-corrected chi connectivity index (χ2v) is 4.38. The molecule has 1 aromatic rings. The van der Waals surface area contributed by atoms with Gasteiger partial charge in [-0.25, -0.2) is 0 Å². The van der Waals surface area contributed by atoms with Crippen LogP contribution in [0.2, 0.25) is 0 Å². The maximum Gasteiger partial charge on any atom is 0.416 e. The first-order valence-corrected chi connectivity index (χ1v) is 5.71. The van der Waals surface area contributed by atoms with Crippen molar-refractivity contribution in [2.45, 2.75) is 11.7 Å². The molecule has 17 heavy (non-hydrogen) atoms. The number of nitrogens with one attached hydrogen (secondary N) is 1. The highest BCUT2D eigenvalue weighted by molar-refractivity contribution is 6.22. The third-order valence-electron chi connectivity index (χ3n) is 2.69. The summed E-state index contributed by atoms with van der Waals surface area (Å²) in [6, 6.07) is 5.26. The van der Waals surface area contributed by atoms with Gasteiger partial charge in [-0.2, -0.15) is 13.2 Å². The topological polar surface area (TPSA) is 15.3 Å². The van der Waals surface area contributed by atoms with Crippen molar-refractivity contribution in [2.24, 2.45) is 0 Å². The Bertz CT molecular complexity index is 395. The molecule has 6 heteroatoms. The quantitative estimate of drug-likeness (QED) is 0.620. The highest BCUT2D eigenvalue weighted by Crippen LogP contribution is 2.32. The van der Waals surface area contributed by atoms with E-state index in [-0.39, 0.29) is 5.50 Å². The second-order valence-electron chi connectivity index (χ2n) is 3.88. The van der Waals surface area contributed by atoms with Crippen LogP contribution in [0.4, 0.5) is 18.9 Å². The SMILES string of the molecule is FC(F)(F)c1cccc(N2CCNCC2Cl)c1. The molecule has 1 atom stereocenters. The molecule has 1 aromatic carbocycles. The number of nitrogens with zero attached hydrogens (tertiary/aromatic N) is 1. The minimum Gasteiger partial charge on any atom is -0.353 e. The summed E-state index contributed by atoms with van der Waals surface area (Å²) in [5, 5.41) is 3.08. The van der Waals surface area contributed by atoms with Crippen molar-refractivity contribution in [3.63, 3.8) is 0 Å². The summed E-state index contributed by atoms with van der Waals surface area (Å²) in [6.45, 7) is 1.90. The average Bonchev–Trinajstić information content (AvgIpc) is 2.29. The lowest BCUT2D eigenvalue weighted by Gasteiger charge is -2.34. The third kappa shape index (κ3) is 2.84. The summed E-state index contributed by atoms with van der Waals surface area (Å²) in [4.78, 5) is 1.77. The third-order valence-corrected chi connectivity index (χ3v) is 3.08. The summed E-state index contributed by atoms with van der Waals surface area (Å²) in [6.07, 6.45) is -4.31. The zero-order valence-corrected chi connectivity index (χ0v) is 9.72. The smallest absolute Gasteiger partial charge is 0.353 e. The molecule has 94 valence electrons. The first-order chi connectivity index (χ1) is 7.98. The molecule has 1 unspecified atom stereocenters. The fourth-order valence-corrected chi connectivity index (χ4v) is 2.14. The highest BCUT2D eigenvalue weighted by atomic mass is 35.5. The molecule has 0 bridgehead atoms. The number of hydrogen-bond acceptors (Lipinski definition) is 2. The average molecular weight is 265 g/mol. The number of piperazine rings is 1. The molecule has 1 N–H and O–H groups in total. The minimum absolute atomic E-state index is 0.313. The van der Waals surface area contributed by atoms with Gasteiger partial charge in [-0.05, 0) is 18.2 Å². The van der Waals surface area contributed by atoms with E-state index in [4.69, 9.17) is 11.6 Å². The lowest BCUT2D eigenvalue weighted by atomic mass is 10.1. The predicted octanol–water partition coefficient (Wildman–Crippen LogP) is 2.68. The van der Waals surface area contributed by atoms with E-state index in [1.54, 1.807) is 11.0 Å². The number of hydrogen-bond donors (Lipinski definition) is 1. The Balaban J connectivity index is 2.26. The molecule has 0 spiro atoms. The number of anilines is 1. The first-order valence-electron chi connectivity index (χ1n) is 5.27. The molecule has 0 saturated carbocycles. The summed E-state index contributed by atoms with van der Waals surface area (Å²) in [7, 11) is 0. The molecule has 0 radical (unpaired) electrons. The standard InChI is InChI=1S/C11H12ClF3N2/c12-10-7-16-4-5-17(10)9-3-1-2-8(6-9)11(13,14)15/h1-3,6,10,16H,4-5,7H2. The van der Waals surface area contributed by atoms with Crippen LogP contribution in [0.25, 0.3) is 0 Å². The van der Waals surface area contributed by atoms with Crippen LogP contribution in [-0.4, -0.2) is 25.1 Å². The van der Waals surface area contributed by atoms with E-state index in [0.717, 1.165) is 18.7 Å². The van der Waals surface area contributed by atoms with Crippen LogP contribution in [0.3, 0.4) is 0 Å². The van der Waals surface area contributed by atoms with Crippen LogP contribution in [0.1, 0.15) is 5.56 Å². The van der Waals surface area contributed by atoms with E-state index in [9.17, 15) is 13.2 Å². The first kappa shape index (κ1) is 12.5. The Labute approximate surface area is 102 Å². The summed E-state index contributed by atoms with van der Waals surface area (Å²) < 4.78 is 37.7. The largest absolute Gasteiger partial charge is 0.416 e. The maximum atomic E-state index is 12.6. The fraction of sp³-hybridized carbons (Fsp3) is 0.455. The van der Waals surface area contributed by atoms with Gasteiger partial charge >= 0.3 is 6.18 Å². The van der Waals surface area contributed by atoms with Crippen molar-refractivity contribution in [1.82, 2.24) is 5.32 Å². The van der Waals surface area contributed by atoms with E-state index in [0.29, 0.717) is 18.8 Å². The Morgan fingerprint density at radius 2 is 2.12 bits per heavy atom. The zero-order chi connectivity index (χ0) is 12.5. The molecular weight excluding hydrogens is 253 g/mol. The van der Waals surface area contributed by atoms with E-state index in [1.807, 2.05) is 0 Å². The molecule has 1 saturated heterocycles. The van der Waals surface area contributed by atoms with Crippen molar-refractivity contribution in [2.75, 3.05) is 24.5 Å². The Morgan fingerprint density at radius 3 is 2.76 bits per heavy atom. The molecule has 0 amide bonds. The Kier molecular flexibility index (Phi) is 3.49. The predicted molar refractivity (Wildman–Crippen MR) is 61.3 cm³/mol. The lowest BCUT2D eigenvalue weighted by Crippen LogP contribution is -2.48. The summed E-state index contributed by atoms with van der Waals surface area (Å²) in [5.41, 5.74) is -0.439. The van der Waals surface area contributed by atoms with Crippen molar-refractivity contribution >= 4 is 17.3 Å². The molecule has 1 fully saturated rings. The van der Waals surface area contributed by atoms with Gasteiger partial charge in [0, 0.05) is 25.3 Å². The van der Waals surface area contributed by atoms with E-state index in [2.05, 4.69) is 5.32 Å².